The third-order valence-corrected chi connectivity index (χ3v) is 5.41. The molecule has 2 aliphatic heterocycles. The quantitative estimate of drug-likeness (QED) is 0.787. The van der Waals surface area contributed by atoms with Crippen LogP contribution in [0.3, 0.4) is 0 Å². The van der Waals surface area contributed by atoms with Crippen LogP contribution in [0.5, 0.6) is 0 Å². The smallest absolute Gasteiger partial charge is 0.225 e. The van der Waals surface area contributed by atoms with Gasteiger partial charge in [0.05, 0.1) is 0 Å². The zero-order chi connectivity index (χ0) is 17.3. The Kier molecular flexibility index (Phi) is 3.90. The van der Waals surface area contributed by atoms with Crippen LogP contribution in [0, 0.1) is 0 Å². The highest BCUT2D eigenvalue weighted by molar-refractivity contribution is 5.54. The van der Waals surface area contributed by atoms with Gasteiger partial charge in [-0.05, 0) is 18.9 Å². The molecular weight excluding hydrogens is 324 g/mol. The van der Waals surface area contributed by atoms with E-state index in [1.54, 1.807) is 0 Å². The van der Waals surface area contributed by atoms with Crippen LogP contribution >= 0.6 is 0 Å². The largest absolute Gasteiger partial charge is 0.341 e. The van der Waals surface area contributed by atoms with Crippen molar-refractivity contribution in [3.8, 4) is 11.4 Å². The fourth-order valence-electron chi connectivity index (χ4n) is 4.29. The summed E-state index contributed by atoms with van der Waals surface area (Å²) >= 11 is 0. The maximum atomic E-state index is 4.56. The van der Waals surface area contributed by atoms with Crippen LogP contribution in [-0.4, -0.2) is 50.0 Å². The Balaban J connectivity index is 1.28. The summed E-state index contributed by atoms with van der Waals surface area (Å²) in [6, 6.07) is 13.2. The molecule has 1 aromatic carbocycles. The van der Waals surface area contributed by atoms with Gasteiger partial charge in [0.25, 0.3) is 0 Å². The molecule has 4 heterocycles. The summed E-state index contributed by atoms with van der Waals surface area (Å²) in [5.41, 5.74) is 2.30. The minimum absolute atomic E-state index is 0.507. The number of hydrogen-bond acceptors (Lipinski definition) is 5. The van der Waals surface area contributed by atoms with Gasteiger partial charge in [0.1, 0.15) is 5.82 Å². The Hall–Kier alpha value is -2.73. The molecule has 0 radical (unpaired) electrons. The second-order valence-electron chi connectivity index (χ2n) is 7.16. The molecule has 2 atom stereocenters. The van der Waals surface area contributed by atoms with Crippen LogP contribution in [0.1, 0.15) is 18.5 Å². The van der Waals surface area contributed by atoms with Crippen molar-refractivity contribution in [3.63, 3.8) is 0 Å². The Bertz CT molecular complexity index is 848. The highest BCUT2D eigenvalue weighted by atomic mass is 15.4. The molecule has 3 aromatic rings. The highest BCUT2D eigenvalue weighted by Gasteiger charge is 2.41. The van der Waals surface area contributed by atoms with Gasteiger partial charge in [-0.25, -0.2) is 15.0 Å². The maximum Gasteiger partial charge on any atom is 0.225 e. The molecule has 132 valence electrons. The predicted octanol–water partition coefficient (Wildman–Crippen LogP) is 2.72. The molecule has 26 heavy (non-hydrogen) atoms. The number of nitrogens with zero attached hydrogens (tertiary/aromatic N) is 5. The van der Waals surface area contributed by atoms with Crippen LogP contribution in [0.15, 0.2) is 55.0 Å². The van der Waals surface area contributed by atoms with E-state index in [1.807, 2.05) is 42.9 Å². The fourth-order valence-corrected chi connectivity index (χ4v) is 4.29. The fraction of sp³-hybridized carbons (Fsp3) is 0.350. The lowest BCUT2D eigenvalue weighted by Gasteiger charge is -2.40. The van der Waals surface area contributed by atoms with Crippen molar-refractivity contribution >= 4 is 5.95 Å². The zero-order valence-electron chi connectivity index (χ0n) is 14.6. The van der Waals surface area contributed by atoms with E-state index in [1.165, 1.54) is 18.5 Å². The Labute approximate surface area is 152 Å². The van der Waals surface area contributed by atoms with Gasteiger partial charge in [-0.15, -0.1) is 0 Å². The van der Waals surface area contributed by atoms with Gasteiger partial charge in [-0.1, -0.05) is 30.3 Å². The normalized spacial score (nSPS) is 22.7. The Morgan fingerprint density at radius 1 is 0.923 bits per heavy atom. The Morgan fingerprint density at radius 2 is 1.65 bits per heavy atom. The number of H-pyrrole nitrogens is 1. The van der Waals surface area contributed by atoms with Crippen LogP contribution in [0.25, 0.3) is 11.4 Å². The standard InChI is InChI=1S/C20H22N6/c1-2-5-15(6-3-1)19-23-11-16(24-19)12-25-13-17-7-8-18(14-25)26(17)20-21-9-4-10-22-20/h1-6,9-11,17-18H,7-8,12-14H2,(H,23,24). The van der Waals surface area contributed by atoms with Crippen molar-refractivity contribution in [2.24, 2.45) is 0 Å². The molecule has 6 nitrogen and oxygen atoms in total. The van der Waals surface area contributed by atoms with E-state index >= 15 is 0 Å². The molecule has 0 spiro atoms. The molecule has 0 amide bonds. The number of likely N-dealkylation sites (tertiary alicyclic amines) is 1. The summed E-state index contributed by atoms with van der Waals surface area (Å²) in [4.78, 5) is 21.9. The molecule has 2 aromatic heterocycles. The number of anilines is 1. The second-order valence-corrected chi connectivity index (χ2v) is 7.16. The molecule has 0 aliphatic carbocycles. The summed E-state index contributed by atoms with van der Waals surface area (Å²) in [6.45, 7) is 3.01. The number of aromatic nitrogens is 4. The first-order valence-electron chi connectivity index (χ1n) is 9.24. The lowest BCUT2D eigenvalue weighted by molar-refractivity contribution is 0.208. The average Bonchev–Trinajstić information content (AvgIpc) is 3.26. The average molecular weight is 346 g/mol. The van der Waals surface area contributed by atoms with E-state index in [0.717, 1.165) is 37.0 Å². The molecule has 2 bridgehead atoms. The first kappa shape index (κ1) is 15.5. The SMILES string of the molecule is c1ccc(-c2ncc(CN3CC4CCC(C3)N4c3ncccn3)[nH]2)cc1. The van der Waals surface area contributed by atoms with E-state index in [-0.39, 0.29) is 0 Å². The summed E-state index contributed by atoms with van der Waals surface area (Å²) in [7, 11) is 0. The number of imidazole rings is 1. The molecular formula is C20H22N6. The number of piperazine rings is 1. The van der Waals surface area contributed by atoms with E-state index in [0.29, 0.717) is 12.1 Å². The van der Waals surface area contributed by atoms with E-state index in [4.69, 9.17) is 0 Å². The lowest BCUT2D eigenvalue weighted by atomic mass is 10.2. The summed E-state index contributed by atoms with van der Waals surface area (Å²) < 4.78 is 0. The molecule has 2 unspecified atom stereocenters. The van der Waals surface area contributed by atoms with E-state index < -0.39 is 0 Å². The van der Waals surface area contributed by atoms with Crippen molar-refractivity contribution in [2.45, 2.75) is 31.5 Å². The van der Waals surface area contributed by atoms with Crippen LogP contribution < -0.4 is 4.90 Å². The molecule has 5 rings (SSSR count). The number of hydrogen-bond donors (Lipinski definition) is 1. The number of benzene rings is 1. The topological polar surface area (TPSA) is 60.9 Å². The zero-order valence-corrected chi connectivity index (χ0v) is 14.6. The summed E-state index contributed by atoms with van der Waals surface area (Å²) in [6.07, 6.45) is 8.08. The lowest BCUT2D eigenvalue weighted by Crippen LogP contribution is -2.54. The first-order chi connectivity index (χ1) is 12.9. The van der Waals surface area contributed by atoms with Gasteiger partial charge in [0, 0.05) is 61.6 Å². The van der Waals surface area contributed by atoms with Gasteiger partial charge in [-0.3, -0.25) is 4.90 Å². The Morgan fingerprint density at radius 3 is 2.38 bits per heavy atom. The van der Waals surface area contributed by atoms with Gasteiger partial charge in [0.2, 0.25) is 5.95 Å². The number of aromatic amines is 1. The molecule has 2 aliphatic rings. The van der Waals surface area contributed by atoms with Gasteiger partial charge >= 0.3 is 0 Å². The van der Waals surface area contributed by atoms with Gasteiger partial charge in [-0.2, -0.15) is 0 Å². The number of rotatable bonds is 4. The first-order valence-corrected chi connectivity index (χ1v) is 9.24. The van der Waals surface area contributed by atoms with Crippen molar-refractivity contribution in [1.82, 2.24) is 24.8 Å². The van der Waals surface area contributed by atoms with Crippen molar-refractivity contribution in [1.29, 1.82) is 0 Å². The van der Waals surface area contributed by atoms with E-state index in [9.17, 15) is 0 Å². The molecule has 0 saturated carbocycles. The van der Waals surface area contributed by atoms with Crippen LogP contribution in [0.4, 0.5) is 5.95 Å². The third kappa shape index (κ3) is 2.86. The maximum absolute atomic E-state index is 4.56. The highest BCUT2D eigenvalue weighted by Crippen LogP contribution is 2.33. The number of fused-ring (bicyclic) bond motifs is 2. The van der Waals surface area contributed by atoms with Crippen molar-refractivity contribution < 1.29 is 0 Å². The monoisotopic (exact) mass is 346 g/mol. The van der Waals surface area contributed by atoms with Crippen LogP contribution in [-0.2, 0) is 6.54 Å². The molecule has 6 heteroatoms. The minimum atomic E-state index is 0.507. The predicted molar refractivity (Wildman–Crippen MR) is 101 cm³/mol. The third-order valence-electron chi connectivity index (χ3n) is 5.41. The second kappa shape index (κ2) is 6.53. The molecule has 2 saturated heterocycles. The summed E-state index contributed by atoms with van der Waals surface area (Å²) in [5.74, 6) is 1.83. The summed E-state index contributed by atoms with van der Waals surface area (Å²) in [5, 5.41) is 0. The van der Waals surface area contributed by atoms with Gasteiger partial charge in [0.15, 0.2) is 0 Å². The minimum Gasteiger partial charge on any atom is -0.341 e. The number of nitrogens with one attached hydrogen (secondary N) is 1. The van der Waals surface area contributed by atoms with Crippen molar-refractivity contribution in [2.75, 3.05) is 18.0 Å². The van der Waals surface area contributed by atoms with Gasteiger partial charge < -0.3 is 9.88 Å². The van der Waals surface area contributed by atoms with E-state index in [2.05, 4.69) is 41.9 Å². The molecule has 1 N–H and O–H groups in total. The van der Waals surface area contributed by atoms with Crippen molar-refractivity contribution in [3.05, 3.63) is 60.7 Å². The molecule has 2 fully saturated rings. The van der Waals surface area contributed by atoms with Crippen LogP contribution in [0.2, 0.25) is 0 Å².